The van der Waals surface area contributed by atoms with Crippen molar-refractivity contribution >= 4 is 17.4 Å². The van der Waals surface area contributed by atoms with Crippen molar-refractivity contribution in [2.45, 2.75) is 13.8 Å². The lowest BCUT2D eigenvalue weighted by Gasteiger charge is -2.07. The zero-order valence-corrected chi connectivity index (χ0v) is 17.8. The highest BCUT2D eigenvalue weighted by atomic mass is 16.5. The van der Waals surface area contributed by atoms with Crippen LogP contribution >= 0.6 is 0 Å². The molecule has 3 aromatic carbocycles. The van der Waals surface area contributed by atoms with Crippen LogP contribution in [0.2, 0.25) is 0 Å². The second kappa shape index (κ2) is 8.43. The lowest BCUT2D eigenvalue weighted by molar-refractivity contribution is 0.100. The molecular weight excluding hydrogens is 402 g/mol. The quantitative estimate of drug-likeness (QED) is 0.377. The first-order chi connectivity index (χ1) is 15.3. The number of anilines is 1. The summed E-state index contributed by atoms with van der Waals surface area (Å²) in [7, 11) is 0. The van der Waals surface area contributed by atoms with Crippen molar-refractivity contribution in [3.05, 3.63) is 101 Å². The number of rotatable bonds is 6. The zero-order chi connectivity index (χ0) is 22.8. The molecule has 4 rings (SSSR count). The number of primary amides is 1. The topological polar surface area (TPSA) is 111 Å². The fraction of sp³-hybridized carbons (Fsp3) is 0.0769. The van der Waals surface area contributed by atoms with Crippen molar-refractivity contribution in [1.29, 1.82) is 0 Å². The molecule has 6 nitrogen and oxygen atoms in total. The third kappa shape index (κ3) is 4.11. The number of ketones is 1. The van der Waals surface area contributed by atoms with Crippen molar-refractivity contribution in [2.75, 3.05) is 5.73 Å². The first-order valence-electron chi connectivity index (χ1n) is 10.1. The summed E-state index contributed by atoms with van der Waals surface area (Å²) >= 11 is 0. The number of aryl methyl sites for hydroxylation is 2. The van der Waals surface area contributed by atoms with Crippen LogP contribution in [0.4, 0.5) is 5.69 Å². The zero-order valence-electron chi connectivity index (χ0n) is 17.8. The molecule has 0 bridgehead atoms. The van der Waals surface area contributed by atoms with Gasteiger partial charge in [0.05, 0.1) is 16.9 Å². The fourth-order valence-corrected chi connectivity index (χ4v) is 3.73. The predicted octanol–water partition coefficient (Wildman–Crippen LogP) is 5.00. The number of ether oxygens (including phenoxy) is 1. The number of nitrogens with two attached hydrogens (primary N) is 2. The molecule has 6 heteroatoms. The van der Waals surface area contributed by atoms with E-state index < -0.39 is 5.91 Å². The van der Waals surface area contributed by atoms with E-state index in [1.165, 1.54) is 0 Å². The maximum absolute atomic E-state index is 13.2. The molecule has 5 N–H and O–H groups in total. The molecule has 0 saturated heterocycles. The predicted molar refractivity (Wildman–Crippen MR) is 125 cm³/mol. The third-order valence-electron chi connectivity index (χ3n) is 5.12. The van der Waals surface area contributed by atoms with Gasteiger partial charge in [0.25, 0.3) is 5.91 Å². The van der Waals surface area contributed by atoms with Gasteiger partial charge in [0.15, 0.2) is 0 Å². The van der Waals surface area contributed by atoms with Crippen molar-refractivity contribution in [3.63, 3.8) is 0 Å². The minimum Gasteiger partial charge on any atom is -0.457 e. The Balaban J connectivity index is 1.71. The van der Waals surface area contributed by atoms with E-state index in [2.05, 4.69) is 4.98 Å². The molecule has 0 atom stereocenters. The summed E-state index contributed by atoms with van der Waals surface area (Å²) in [5.41, 5.74) is 15.6. The summed E-state index contributed by atoms with van der Waals surface area (Å²) < 4.78 is 5.81. The Morgan fingerprint density at radius 3 is 2.03 bits per heavy atom. The largest absolute Gasteiger partial charge is 0.457 e. The Morgan fingerprint density at radius 2 is 1.44 bits per heavy atom. The number of aromatic amines is 1. The van der Waals surface area contributed by atoms with Crippen molar-refractivity contribution in [3.8, 4) is 22.8 Å². The van der Waals surface area contributed by atoms with E-state index in [1.54, 1.807) is 36.4 Å². The average Bonchev–Trinajstić information content (AvgIpc) is 3.11. The van der Waals surface area contributed by atoms with E-state index in [4.69, 9.17) is 16.2 Å². The number of amides is 1. The molecule has 32 heavy (non-hydrogen) atoms. The minimum absolute atomic E-state index is 0.0428. The SMILES string of the molecule is Cc1cc(C)cc(C(=O)c2[nH]c(-c3ccc(Oc4ccccc4)cc3)c(C(N)=O)c2N)c1. The number of hydrogen-bond donors (Lipinski definition) is 3. The lowest BCUT2D eigenvalue weighted by Crippen LogP contribution is -2.14. The Labute approximate surface area is 185 Å². The van der Waals surface area contributed by atoms with Crippen molar-refractivity contribution in [2.24, 2.45) is 5.73 Å². The van der Waals surface area contributed by atoms with Crippen LogP contribution in [0.1, 0.15) is 37.5 Å². The number of hydrogen-bond acceptors (Lipinski definition) is 4. The first-order valence-corrected chi connectivity index (χ1v) is 10.1. The highest BCUT2D eigenvalue weighted by Crippen LogP contribution is 2.33. The average molecular weight is 425 g/mol. The highest BCUT2D eigenvalue weighted by Gasteiger charge is 2.25. The first kappa shape index (κ1) is 20.9. The number of H-pyrrole nitrogens is 1. The number of carbonyl (C=O) groups is 2. The van der Waals surface area contributed by atoms with Crippen molar-refractivity contribution < 1.29 is 14.3 Å². The Bertz CT molecular complexity index is 1290. The Kier molecular flexibility index (Phi) is 5.52. The van der Waals surface area contributed by atoms with Crippen LogP contribution in [0, 0.1) is 13.8 Å². The second-order valence-electron chi connectivity index (χ2n) is 7.67. The van der Waals surface area contributed by atoms with Gasteiger partial charge in [0.1, 0.15) is 17.2 Å². The van der Waals surface area contributed by atoms with Crippen LogP contribution in [0.5, 0.6) is 11.5 Å². The molecule has 0 fully saturated rings. The van der Waals surface area contributed by atoms with E-state index in [9.17, 15) is 9.59 Å². The van der Waals surface area contributed by atoms with Crippen LogP contribution in [0.25, 0.3) is 11.3 Å². The fourth-order valence-electron chi connectivity index (χ4n) is 3.73. The molecule has 0 aliphatic carbocycles. The van der Waals surface area contributed by atoms with E-state index in [-0.39, 0.29) is 22.7 Å². The summed E-state index contributed by atoms with van der Waals surface area (Å²) in [5, 5.41) is 0. The lowest BCUT2D eigenvalue weighted by atomic mass is 10.0. The third-order valence-corrected chi connectivity index (χ3v) is 5.12. The van der Waals surface area contributed by atoms with Gasteiger partial charge in [-0.3, -0.25) is 9.59 Å². The van der Waals surface area contributed by atoms with Gasteiger partial charge >= 0.3 is 0 Å². The number of carbonyl (C=O) groups excluding carboxylic acids is 2. The van der Waals surface area contributed by atoms with Crippen LogP contribution < -0.4 is 16.2 Å². The van der Waals surface area contributed by atoms with Gasteiger partial charge in [-0.1, -0.05) is 35.4 Å². The number of para-hydroxylation sites is 1. The summed E-state index contributed by atoms with van der Waals surface area (Å²) in [6.45, 7) is 3.84. The standard InChI is InChI=1S/C26H23N3O3/c1-15-12-16(2)14-18(13-15)25(30)24-22(27)21(26(28)31)23(29-24)17-8-10-20(11-9-17)32-19-6-4-3-5-7-19/h3-14,29H,27H2,1-2H3,(H2,28,31). The molecule has 0 aliphatic rings. The summed E-state index contributed by atoms with van der Waals surface area (Å²) in [6.07, 6.45) is 0. The normalized spacial score (nSPS) is 10.7. The maximum Gasteiger partial charge on any atom is 0.253 e. The smallest absolute Gasteiger partial charge is 0.253 e. The molecule has 160 valence electrons. The number of nitrogen functional groups attached to an aromatic ring is 1. The summed E-state index contributed by atoms with van der Waals surface area (Å²) in [4.78, 5) is 28.4. The van der Waals surface area contributed by atoms with Crippen molar-refractivity contribution in [1.82, 2.24) is 4.98 Å². The van der Waals surface area contributed by atoms with Gasteiger partial charge in [-0.25, -0.2) is 0 Å². The van der Waals surface area contributed by atoms with Crippen LogP contribution in [0.3, 0.4) is 0 Å². The van der Waals surface area contributed by atoms with Crippen LogP contribution in [-0.4, -0.2) is 16.7 Å². The van der Waals surface area contributed by atoms with E-state index in [1.807, 2.05) is 50.2 Å². The van der Waals surface area contributed by atoms with E-state index in [0.29, 0.717) is 28.3 Å². The summed E-state index contributed by atoms with van der Waals surface area (Å²) in [6, 6.07) is 22.1. The van der Waals surface area contributed by atoms with Crippen LogP contribution in [-0.2, 0) is 0 Å². The second-order valence-corrected chi connectivity index (χ2v) is 7.67. The number of aromatic nitrogens is 1. The maximum atomic E-state index is 13.2. The van der Waals surface area contributed by atoms with Gasteiger partial charge in [0.2, 0.25) is 5.78 Å². The van der Waals surface area contributed by atoms with Gasteiger partial charge < -0.3 is 21.2 Å². The number of nitrogens with one attached hydrogen (secondary N) is 1. The van der Waals surface area contributed by atoms with Gasteiger partial charge in [0, 0.05) is 5.56 Å². The molecule has 1 aromatic heterocycles. The molecule has 4 aromatic rings. The molecule has 0 unspecified atom stereocenters. The summed E-state index contributed by atoms with van der Waals surface area (Å²) in [5.74, 6) is 0.333. The monoisotopic (exact) mass is 425 g/mol. The Hall–Kier alpha value is -4.32. The minimum atomic E-state index is -0.710. The molecule has 0 spiro atoms. The molecule has 0 saturated carbocycles. The van der Waals surface area contributed by atoms with Gasteiger partial charge in [-0.2, -0.15) is 0 Å². The highest BCUT2D eigenvalue weighted by molar-refractivity contribution is 6.16. The molecule has 0 radical (unpaired) electrons. The van der Waals surface area contributed by atoms with Gasteiger partial charge in [-0.15, -0.1) is 0 Å². The molecule has 1 amide bonds. The van der Waals surface area contributed by atoms with Crippen LogP contribution in [0.15, 0.2) is 72.8 Å². The molecule has 1 heterocycles. The van der Waals surface area contributed by atoms with Gasteiger partial charge in [-0.05, 0) is 67.9 Å². The Morgan fingerprint density at radius 1 is 0.844 bits per heavy atom. The molecular formula is C26H23N3O3. The number of benzene rings is 3. The van der Waals surface area contributed by atoms with E-state index in [0.717, 1.165) is 11.1 Å². The molecule has 0 aliphatic heterocycles. The van der Waals surface area contributed by atoms with E-state index >= 15 is 0 Å².